The number of hydrogen-bond acceptors (Lipinski definition) is 2. The summed E-state index contributed by atoms with van der Waals surface area (Å²) >= 11 is 12.8. The average molecular weight is 237 g/mol. The fourth-order valence-corrected chi connectivity index (χ4v) is 3.14. The SMILES string of the molecule is ClN1CCCCC1(Cl)N1CCCCC1. The van der Waals surface area contributed by atoms with Crippen LogP contribution in [0, 0.1) is 0 Å². The van der Waals surface area contributed by atoms with Gasteiger partial charge in [-0.2, -0.15) is 4.42 Å². The molecule has 2 aliphatic heterocycles. The summed E-state index contributed by atoms with van der Waals surface area (Å²) in [5.74, 6) is 0. The van der Waals surface area contributed by atoms with Crippen LogP contribution in [0.1, 0.15) is 38.5 Å². The molecule has 0 amide bonds. The molecular formula is C10H18Cl2N2. The predicted octanol–water partition coefficient (Wildman–Crippen LogP) is 3.00. The standard InChI is InChI=1S/C10H18Cl2N2/c11-10(6-2-5-9-14(10)12)13-7-3-1-4-8-13/h1-9H2. The summed E-state index contributed by atoms with van der Waals surface area (Å²) in [7, 11) is 0. The predicted molar refractivity (Wildman–Crippen MR) is 60.4 cm³/mol. The van der Waals surface area contributed by atoms with Crippen LogP contribution in [0.5, 0.6) is 0 Å². The van der Waals surface area contributed by atoms with E-state index in [0.717, 1.165) is 26.1 Å². The van der Waals surface area contributed by atoms with Crippen molar-refractivity contribution in [2.24, 2.45) is 0 Å². The molecule has 0 spiro atoms. The Morgan fingerprint density at radius 3 is 2.14 bits per heavy atom. The Hall–Kier alpha value is 0.500. The van der Waals surface area contributed by atoms with E-state index in [1.165, 1.54) is 32.1 Å². The molecule has 0 aromatic carbocycles. The highest BCUT2D eigenvalue weighted by Gasteiger charge is 2.41. The first-order valence-electron chi connectivity index (χ1n) is 5.61. The monoisotopic (exact) mass is 236 g/mol. The zero-order valence-electron chi connectivity index (χ0n) is 8.51. The van der Waals surface area contributed by atoms with E-state index >= 15 is 0 Å². The second-order valence-electron chi connectivity index (χ2n) is 4.31. The maximum absolute atomic E-state index is 6.62. The van der Waals surface area contributed by atoms with Gasteiger partial charge in [0.2, 0.25) is 0 Å². The van der Waals surface area contributed by atoms with Gasteiger partial charge in [-0.05, 0) is 43.9 Å². The maximum atomic E-state index is 6.62. The number of alkyl halides is 1. The van der Waals surface area contributed by atoms with Crippen LogP contribution in [0.15, 0.2) is 0 Å². The third kappa shape index (κ3) is 2.04. The summed E-state index contributed by atoms with van der Waals surface area (Å²) in [5.41, 5.74) is 0. The molecule has 2 aliphatic rings. The molecule has 2 nitrogen and oxygen atoms in total. The molecule has 1 atom stereocenters. The molecule has 0 radical (unpaired) electrons. The van der Waals surface area contributed by atoms with Crippen molar-refractivity contribution in [1.29, 1.82) is 0 Å². The number of halogens is 2. The summed E-state index contributed by atoms with van der Waals surface area (Å²) in [4.78, 5) is 2.35. The minimum absolute atomic E-state index is 0.389. The van der Waals surface area contributed by atoms with Crippen molar-refractivity contribution in [3.8, 4) is 0 Å². The lowest BCUT2D eigenvalue weighted by Crippen LogP contribution is -2.56. The molecule has 1 unspecified atom stereocenters. The van der Waals surface area contributed by atoms with Crippen molar-refractivity contribution < 1.29 is 0 Å². The number of hydrogen-bond donors (Lipinski definition) is 0. The molecule has 82 valence electrons. The Morgan fingerprint density at radius 1 is 0.857 bits per heavy atom. The molecule has 2 heterocycles. The van der Waals surface area contributed by atoms with Crippen LogP contribution in [0.4, 0.5) is 0 Å². The van der Waals surface area contributed by atoms with Gasteiger partial charge < -0.3 is 0 Å². The van der Waals surface area contributed by atoms with Gasteiger partial charge in [0.15, 0.2) is 5.12 Å². The first kappa shape index (κ1) is 11.0. The first-order valence-corrected chi connectivity index (χ1v) is 6.32. The molecular weight excluding hydrogens is 219 g/mol. The van der Waals surface area contributed by atoms with Gasteiger partial charge >= 0.3 is 0 Å². The third-order valence-corrected chi connectivity index (χ3v) is 4.48. The lowest BCUT2D eigenvalue weighted by Gasteiger charge is -2.47. The number of piperidine rings is 2. The minimum atomic E-state index is -0.389. The van der Waals surface area contributed by atoms with E-state index in [2.05, 4.69) is 4.90 Å². The molecule has 0 saturated carbocycles. The molecule has 2 rings (SSSR count). The molecule has 2 saturated heterocycles. The highest BCUT2D eigenvalue weighted by molar-refractivity contribution is 6.27. The normalized spacial score (nSPS) is 37.3. The zero-order valence-corrected chi connectivity index (χ0v) is 10.0. The van der Waals surface area contributed by atoms with E-state index in [1.807, 2.05) is 4.42 Å². The Morgan fingerprint density at radius 2 is 1.50 bits per heavy atom. The Labute approximate surface area is 96.2 Å². The lowest BCUT2D eigenvalue weighted by molar-refractivity contribution is 0.0206. The van der Waals surface area contributed by atoms with Crippen LogP contribution < -0.4 is 0 Å². The molecule has 0 aromatic heterocycles. The molecule has 0 bridgehead atoms. The van der Waals surface area contributed by atoms with Gasteiger partial charge in [0.1, 0.15) is 0 Å². The molecule has 4 heteroatoms. The summed E-state index contributed by atoms with van der Waals surface area (Å²) in [5, 5.41) is -0.389. The average Bonchev–Trinajstić information content (AvgIpc) is 2.24. The molecule has 0 N–H and O–H groups in total. The van der Waals surface area contributed by atoms with E-state index in [4.69, 9.17) is 23.4 Å². The maximum Gasteiger partial charge on any atom is 0.164 e. The molecule has 0 aromatic rings. The summed E-state index contributed by atoms with van der Waals surface area (Å²) < 4.78 is 1.81. The van der Waals surface area contributed by atoms with E-state index in [9.17, 15) is 0 Å². The van der Waals surface area contributed by atoms with Gasteiger partial charge in [0.25, 0.3) is 0 Å². The molecule has 2 fully saturated rings. The number of rotatable bonds is 1. The van der Waals surface area contributed by atoms with E-state index in [1.54, 1.807) is 0 Å². The van der Waals surface area contributed by atoms with Crippen molar-refractivity contribution in [3.05, 3.63) is 0 Å². The summed E-state index contributed by atoms with van der Waals surface area (Å²) in [6, 6.07) is 0. The molecule has 14 heavy (non-hydrogen) atoms. The van der Waals surface area contributed by atoms with Gasteiger partial charge in [0, 0.05) is 19.6 Å². The van der Waals surface area contributed by atoms with Crippen molar-refractivity contribution in [1.82, 2.24) is 9.32 Å². The second kappa shape index (κ2) is 4.56. The fourth-order valence-electron chi connectivity index (χ4n) is 2.44. The third-order valence-electron chi connectivity index (χ3n) is 3.31. The van der Waals surface area contributed by atoms with Crippen LogP contribution in [0.2, 0.25) is 0 Å². The Kier molecular flexibility index (Phi) is 3.59. The Bertz CT molecular complexity index is 195. The smallest absolute Gasteiger partial charge is 0.164 e. The van der Waals surface area contributed by atoms with Gasteiger partial charge in [0.05, 0.1) is 0 Å². The van der Waals surface area contributed by atoms with E-state index in [-0.39, 0.29) is 5.12 Å². The topological polar surface area (TPSA) is 6.48 Å². The van der Waals surface area contributed by atoms with Crippen molar-refractivity contribution in [3.63, 3.8) is 0 Å². The van der Waals surface area contributed by atoms with Crippen molar-refractivity contribution in [2.45, 2.75) is 43.6 Å². The Balaban J connectivity index is 2.03. The lowest BCUT2D eigenvalue weighted by atomic mass is 10.1. The summed E-state index contributed by atoms with van der Waals surface area (Å²) in [6.07, 6.45) is 7.23. The molecule has 0 aliphatic carbocycles. The quantitative estimate of drug-likeness (QED) is 0.393. The van der Waals surface area contributed by atoms with E-state index in [0.29, 0.717) is 0 Å². The van der Waals surface area contributed by atoms with E-state index < -0.39 is 0 Å². The van der Waals surface area contributed by atoms with Gasteiger partial charge in [-0.1, -0.05) is 18.0 Å². The van der Waals surface area contributed by atoms with Crippen LogP contribution in [-0.2, 0) is 0 Å². The number of likely N-dealkylation sites (tertiary alicyclic amines) is 1. The summed E-state index contributed by atoms with van der Waals surface area (Å²) in [6.45, 7) is 3.13. The fraction of sp³-hybridized carbons (Fsp3) is 1.00. The highest BCUT2D eigenvalue weighted by Crippen LogP contribution is 2.38. The van der Waals surface area contributed by atoms with Crippen LogP contribution in [0.3, 0.4) is 0 Å². The largest absolute Gasteiger partial charge is 0.272 e. The second-order valence-corrected chi connectivity index (χ2v) is 5.32. The van der Waals surface area contributed by atoms with Crippen LogP contribution in [-0.4, -0.2) is 34.1 Å². The first-order chi connectivity index (χ1) is 6.73. The zero-order chi connectivity index (χ0) is 10.0. The van der Waals surface area contributed by atoms with Gasteiger partial charge in [-0.3, -0.25) is 4.90 Å². The van der Waals surface area contributed by atoms with Gasteiger partial charge in [-0.25, -0.2) is 0 Å². The van der Waals surface area contributed by atoms with Crippen molar-refractivity contribution >= 4 is 23.4 Å². The number of nitrogens with zero attached hydrogens (tertiary/aromatic N) is 2. The van der Waals surface area contributed by atoms with Crippen LogP contribution in [0.25, 0.3) is 0 Å². The van der Waals surface area contributed by atoms with Crippen LogP contribution >= 0.6 is 23.4 Å². The minimum Gasteiger partial charge on any atom is -0.272 e. The van der Waals surface area contributed by atoms with Gasteiger partial charge in [-0.15, -0.1) is 0 Å². The highest BCUT2D eigenvalue weighted by atomic mass is 35.5. The van der Waals surface area contributed by atoms with Crippen molar-refractivity contribution in [2.75, 3.05) is 19.6 Å².